The molecule has 0 radical (unpaired) electrons. The largest absolute Gasteiger partial charge is 0.480 e. The standard InChI is InChI=1S/C14H16F3NO3/c1-8(2)7-11(13(20)21)18-12(19)9-5-3-4-6-10(9)14(15,16)17/h3-6,8,11H,7H2,1-2H3,(H,18,19)(H,20,21)/t11-/m0/s1. The highest BCUT2D eigenvalue weighted by Gasteiger charge is 2.35. The summed E-state index contributed by atoms with van der Waals surface area (Å²) >= 11 is 0. The molecule has 1 rings (SSSR count). The fraction of sp³-hybridized carbons (Fsp3) is 0.429. The Morgan fingerprint density at radius 2 is 1.81 bits per heavy atom. The fourth-order valence-corrected chi connectivity index (χ4v) is 1.86. The lowest BCUT2D eigenvalue weighted by molar-refractivity contribution is -0.139. The van der Waals surface area contributed by atoms with E-state index in [0.29, 0.717) is 0 Å². The molecule has 0 saturated heterocycles. The van der Waals surface area contributed by atoms with Crippen LogP contribution in [0.25, 0.3) is 0 Å². The van der Waals surface area contributed by atoms with Gasteiger partial charge in [0.05, 0.1) is 11.1 Å². The molecule has 7 heteroatoms. The molecule has 21 heavy (non-hydrogen) atoms. The molecule has 4 nitrogen and oxygen atoms in total. The Hall–Kier alpha value is -2.05. The van der Waals surface area contributed by atoms with Crippen LogP contribution in [0.15, 0.2) is 24.3 Å². The minimum Gasteiger partial charge on any atom is -0.480 e. The second-order valence-corrected chi connectivity index (χ2v) is 5.04. The van der Waals surface area contributed by atoms with Crippen LogP contribution >= 0.6 is 0 Å². The van der Waals surface area contributed by atoms with Gasteiger partial charge in [-0.15, -0.1) is 0 Å². The summed E-state index contributed by atoms with van der Waals surface area (Å²) in [7, 11) is 0. The maximum absolute atomic E-state index is 12.8. The number of carbonyl (C=O) groups is 2. The van der Waals surface area contributed by atoms with Gasteiger partial charge in [0.25, 0.3) is 5.91 Å². The number of carbonyl (C=O) groups excluding carboxylic acids is 1. The molecule has 1 amide bonds. The monoisotopic (exact) mass is 303 g/mol. The second kappa shape index (κ2) is 6.60. The smallest absolute Gasteiger partial charge is 0.417 e. The minimum absolute atomic E-state index is 0.0238. The van der Waals surface area contributed by atoms with Crippen molar-refractivity contribution in [1.82, 2.24) is 5.32 Å². The first-order valence-electron chi connectivity index (χ1n) is 6.32. The summed E-state index contributed by atoms with van der Waals surface area (Å²) in [4.78, 5) is 23.0. The Morgan fingerprint density at radius 3 is 2.29 bits per heavy atom. The quantitative estimate of drug-likeness (QED) is 0.879. The molecule has 116 valence electrons. The lowest BCUT2D eigenvalue weighted by Gasteiger charge is -2.18. The number of carboxylic acids is 1. The molecular weight excluding hydrogens is 287 g/mol. The van der Waals surface area contributed by atoms with E-state index in [2.05, 4.69) is 5.32 Å². The highest BCUT2D eigenvalue weighted by Crippen LogP contribution is 2.31. The van der Waals surface area contributed by atoms with Gasteiger partial charge in [0.15, 0.2) is 0 Å². The van der Waals surface area contributed by atoms with Crippen LogP contribution < -0.4 is 5.32 Å². The lowest BCUT2D eigenvalue weighted by atomic mass is 10.0. The van der Waals surface area contributed by atoms with Crippen LogP contribution in [0, 0.1) is 5.92 Å². The molecule has 0 unspecified atom stereocenters. The van der Waals surface area contributed by atoms with E-state index in [9.17, 15) is 22.8 Å². The number of rotatable bonds is 5. The van der Waals surface area contributed by atoms with Crippen molar-refractivity contribution in [2.24, 2.45) is 5.92 Å². The van der Waals surface area contributed by atoms with Crippen molar-refractivity contribution in [2.75, 3.05) is 0 Å². The maximum Gasteiger partial charge on any atom is 0.417 e. The van der Waals surface area contributed by atoms with E-state index in [1.54, 1.807) is 13.8 Å². The van der Waals surface area contributed by atoms with Crippen LogP contribution in [0.4, 0.5) is 13.2 Å². The Morgan fingerprint density at radius 1 is 1.24 bits per heavy atom. The zero-order valence-electron chi connectivity index (χ0n) is 11.6. The van der Waals surface area contributed by atoms with Gasteiger partial charge in [-0.3, -0.25) is 4.79 Å². The van der Waals surface area contributed by atoms with Crippen LogP contribution in [-0.2, 0) is 11.0 Å². The van der Waals surface area contributed by atoms with E-state index in [4.69, 9.17) is 5.11 Å². The van der Waals surface area contributed by atoms with Gasteiger partial charge in [-0.1, -0.05) is 26.0 Å². The number of benzene rings is 1. The summed E-state index contributed by atoms with van der Waals surface area (Å²) in [5.74, 6) is -2.35. The van der Waals surface area contributed by atoms with E-state index in [1.165, 1.54) is 12.1 Å². The highest BCUT2D eigenvalue weighted by atomic mass is 19.4. The van der Waals surface area contributed by atoms with Gasteiger partial charge in [0.2, 0.25) is 0 Å². The summed E-state index contributed by atoms with van der Waals surface area (Å²) in [6.07, 6.45) is -4.54. The Balaban J connectivity index is 3.01. The van der Waals surface area contributed by atoms with Gasteiger partial charge < -0.3 is 10.4 Å². The minimum atomic E-state index is -4.68. The van der Waals surface area contributed by atoms with Crippen molar-refractivity contribution in [2.45, 2.75) is 32.5 Å². The molecule has 2 N–H and O–H groups in total. The Bertz CT molecular complexity index is 526. The van der Waals surface area contributed by atoms with Crippen molar-refractivity contribution < 1.29 is 27.9 Å². The Kier molecular flexibility index (Phi) is 5.34. The number of carboxylic acid groups (broad SMARTS) is 1. The van der Waals surface area contributed by atoms with Gasteiger partial charge in [-0.2, -0.15) is 13.2 Å². The molecule has 0 aromatic heterocycles. The molecule has 0 fully saturated rings. The molecule has 1 aromatic carbocycles. The van der Waals surface area contributed by atoms with Gasteiger partial charge in [0, 0.05) is 0 Å². The molecule has 0 aliphatic carbocycles. The summed E-state index contributed by atoms with van der Waals surface area (Å²) in [5, 5.41) is 11.1. The van der Waals surface area contributed by atoms with Crippen LogP contribution in [0.5, 0.6) is 0 Å². The predicted molar refractivity (Wildman–Crippen MR) is 69.8 cm³/mol. The summed E-state index contributed by atoms with van der Waals surface area (Å²) < 4.78 is 38.5. The average Bonchev–Trinajstić information content (AvgIpc) is 2.36. The SMILES string of the molecule is CC(C)C[C@H](NC(=O)c1ccccc1C(F)(F)F)C(=O)O. The zero-order chi connectivity index (χ0) is 16.2. The summed E-state index contributed by atoms with van der Waals surface area (Å²) in [5.41, 5.74) is -1.67. The van der Waals surface area contributed by atoms with E-state index in [0.717, 1.165) is 12.1 Å². The van der Waals surface area contributed by atoms with Gasteiger partial charge in [-0.05, 0) is 24.5 Å². The number of aliphatic carboxylic acids is 1. The first-order valence-corrected chi connectivity index (χ1v) is 6.32. The van der Waals surface area contributed by atoms with Gasteiger partial charge in [-0.25, -0.2) is 4.79 Å². The first kappa shape index (κ1) is 17.0. The van der Waals surface area contributed by atoms with Crippen LogP contribution in [0.3, 0.4) is 0 Å². The van der Waals surface area contributed by atoms with E-state index >= 15 is 0 Å². The number of hydrogen-bond acceptors (Lipinski definition) is 2. The van der Waals surface area contributed by atoms with E-state index in [-0.39, 0.29) is 12.3 Å². The first-order chi connectivity index (χ1) is 9.62. The normalized spacial score (nSPS) is 13.0. The Labute approximate surface area is 120 Å². The third-order valence-electron chi connectivity index (χ3n) is 2.79. The number of hydrogen-bond donors (Lipinski definition) is 2. The number of halogens is 3. The highest BCUT2D eigenvalue weighted by molar-refractivity contribution is 5.98. The zero-order valence-corrected chi connectivity index (χ0v) is 11.6. The summed E-state index contributed by atoms with van der Waals surface area (Å²) in [6, 6.07) is 3.04. The summed E-state index contributed by atoms with van der Waals surface area (Å²) in [6.45, 7) is 3.51. The second-order valence-electron chi connectivity index (χ2n) is 5.04. The fourth-order valence-electron chi connectivity index (χ4n) is 1.86. The van der Waals surface area contributed by atoms with Crippen molar-refractivity contribution in [1.29, 1.82) is 0 Å². The van der Waals surface area contributed by atoms with Crippen LogP contribution in [-0.4, -0.2) is 23.0 Å². The van der Waals surface area contributed by atoms with E-state index < -0.39 is 35.2 Å². The van der Waals surface area contributed by atoms with Crippen LogP contribution in [0.1, 0.15) is 36.2 Å². The lowest BCUT2D eigenvalue weighted by Crippen LogP contribution is -2.42. The third kappa shape index (κ3) is 4.77. The maximum atomic E-state index is 12.8. The molecule has 0 saturated carbocycles. The molecule has 1 aromatic rings. The molecule has 0 bridgehead atoms. The molecule has 0 aliphatic rings. The van der Waals surface area contributed by atoms with E-state index in [1.807, 2.05) is 0 Å². The molecule has 0 spiro atoms. The number of alkyl halides is 3. The number of amides is 1. The van der Waals surface area contributed by atoms with Crippen molar-refractivity contribution in [3.8, 4) is 0 Å². The van der Waals surface area contributed by atoms with Gasteiger partial charge >= 0.3 is 12.1 Å². The molecular formula is C14H16F3NO3. The molecule has 1 atom stereocenters. The van der Waals surface area contributed by atoms with Gasteiger partial charge in [0.1, 0.15) is 6.04 Å². The predicted octanol–water partition coefficient (Wildman–Crippen LogP) is 2.93. The van der Waals surface area contributed by atoms with Crippen molar-refractivity contribution in [3.05, 3.63) is 35.4 Å². The topological polar surface area (TPSA) is 66.4 Å². The van der Waals surface area contributed by atoms with Crippen LogP contribution in [0.2, 0.25) is 0 Å². The van der Waals surface area contributed by atoms with Crippen molar-refractivity contribution >= 4 is 11.9 Å². The molecule has 0 heterocycles. The average molecular weight is 303 g/mol. The van der Waals surface area contributed by atoms with Crippen molar-refractivity contribution in [3.63, 3.8) is 0 Å². The number of nitrogens with one attached hydrogen (secondary N) is 1. The third-order valence-corrected chi connectivity index (χ3v) is 2.79. The molecule has 0 aliphatic heterocycles.